The molecule has 0 radical (unpaired) electrons. The molecular formula is C17H38O4Si2. The monoisotopic (exact) mass is 362 g/mol. The standard InChI is InChI=1S/C17H38O4Si2/c1-16(2,3)22(7,8)20-13-14(19)15(11-12-18)21-23(9,10)17(4,5)6/h12,14-15,19H,11,13H2,1-10H3/t14-,15+/m1/s1. The van der Waals surface area contributed by atoms with E-state index in [1.165, 1.54) is 0 Å². The van der Waals surface area contributed by atoms with Gasteiger partial charge in [0, 0.05) is 6.42 Å². The Hall–Kier alpha value is -0.0162. The van der Waals surface area contributed by atoms with Gasteiger partial charge >= 0.3 is 0 Å². The van der Waals surface area contributed by atoms with Gasteiger partial charge in [0.2, 0.25) is 0 Å². The zero-order valence-corrected chi connectivity index (χ0v) is 18.8. The minimum Gasteiger partial charge on any atom is -0.414 e. The highest BCUT2D eigenvalue weighted by Crippen LogP contribution is 2.39. The SMILES string of the molecule is CC(C)(C)[Si](C)(C)OC[C@@H](O)[C@H](CC=O)O[Si](C)(C)C(C)(C)C. The normalized spacial score (nSPS) is 17.0. The lowest BCUT2D eigenvalue weighted by Gasteiger charge is -2.41. The summed E-state index contributed by atoms with van der Waals surface area (Å²) in [6.07, 6.45) is -0.233. The maximum atomic E-state index is 11.0. The van der Waals surface area contributed by atoms with Crippen LogP contribution in [0.4, 0.5) is 0 Å². The predicted octanol–water partition coefficient (Wildman–Crippen LogP) is 4.35. The molecule has 0 spiro atoms. The third-order valence-electron chi connectivity index (χ3n) is 5.43. The lowest BCUT2D eigenvalue weighted by Crippen LogP contribution is -2.50. The van der Waals surface area contributed by atoms with Crippen molar-refractivity contribution in [1.82, 2.24) is 0 Å². The second-order valence-electron chi connectivity index (χ2n) is 9.46. The average Bonchev–Trinajstić information content (AvgIpc) is 2.32. The second-order valence-corrected chi connectivity index (χ2v) is 19.0. The maximum Gasteiger partial charge on any atom is 0.192 e. The number of hydrogen-bond donors (Lipinski definition) is 1. The van der Waals surface area contributed by atoms with E-state index in [4.69, 9.17) is 8.85 Å². The number of aliphatic hydroxyl groups excluding tert-OH is 1. The van der Waals surface area contributed by atoms with Crippen LogP contribution >= 0.6 is 0 Å². The van der Waals surface area contributed by atoms with Crippen molar-refractivity contribution in [1.29, 1.82) is 0 Å². The first-order chi connectivity index (χ1) is 10.0. The van der Waals surface area contributed by atoms with Crippen molar-refractivity contribution in [2.45, 2.75) is 96.4 Å². The van der Waals surface area contributed by atoms with Crippen molar-refractivity contribution in [3.05, 3.63) is 0 Å². The van der Waals surface area contributed by atoms with Gasteiger partial charge in [0.05, 0.1) is 12.7 Å². The fraction of sp³-hybridized carbons (Fsp3) is 0.941. The quantitative estimate of drug-likeness (QED) is 0.515. The number of rotatable bonds is 8. The molecule has 0 aromatic carbocycles. The van der Waals surface area contributed by atoms with E-state index in [2.05, 4.69) is 67.7 Å². The van der Waals surface area contributed by atoms with Crippen molar-refractivity contribution in [3.63, 3.8) is 0 Å². The number of aldehydes is 1. The maximum absolute atomic E-state index is 11.0. The summed E-state index contributed by atoms with van der Waals surface area (Å²) in [6, 6.07) is 0. The number of carbonyl (C=O) groups is 1. The van der Waals surface area contributed by atoms with Crippen molar-refractivity contribution in [3.8, 4) is 0 Å². The molecule has 0 aromatic rings. The van der Waals surface area contributed by atoms with E-state index in [1.807, 2.05) is 0 Å². The summed E-state index contributed by atoms with van der Waals surface area (Å²) in [4.78, 5) is 11.0. The Labute approximate surface area is 145 Å². The molecular weight excluding hydrogens is 324 g/mol. The number of carbonyl (C=O) groups excluding carboxylic acids is 1. The molecule has 0 fully saturated rings. The molecule has 0 aliphatic carbocycles. The van der Waals surface area contributed by atoms with Crippen LogP contribution < -0.4 is 0 Å². The Bertz CT molecular complexity index is 381. The lowest BCUT2D eigenvalue weighted by atomic mass is 10.2. The zero-order chi connectivity index (χ0) is 18.7. The minimum absolute atomic E-state index is 0.0359. The third kappa shape index (κ3) is 6.78. The molecule has 0 unspecified atom stereocenters. The van der Waals surface area contributed by atoms with Gasteiger partial charge in [-0.25, -0.2) is 0 Å². The molecule has 23 heavy (non-hydrogen) atoms. The Balaban J connectivity index is 4.95. The van der Waals surface area contributed by atoms with Crippen molar-refractivity contribution in [2.24, 2.45) is 0 Å². The van der Waals surface area contributed by atoms with Crippen LogP contribution in [0, 0.1) is 0 Å². The van der Waals surface area contributed by atoms with Gasteiger partial charge in [-0.3, -0.25) is 0 Å². The van der Waals surface area contributed by atoms with Crippen LogP contribution in [0.15, 0.2) is 0 Å². The minimum atomic E-state index is -2.04. The van der Waals surface area contributed by atoms with E-state index < -0.39 is 28.8 Å². The highest BCUT2D eigenvalue weighted by atomic mass is 28.4. The highest BCUT2D eigenvalue weighted by molar-refractivity contribution is 6.74. The molecule has 0 aliphatic rings. The van der Waals surface area contributed by atoms with Crippen LogP contribution in [0.25, 0.3) is 0 Å². The van der Waals surface area contributed by atoms with Gasteiger partial charge in [0.25, 0.3) is 0 Å². The smallest absolute Gasteiger partial charge is 0.192 e. The van der Waals surface area contributed by atoms with Gasteiger partial charge in [0.1, 0.15) is 12.4 Å². The van der Waals surface area contributed by atoms with E-state index >= 15 is 0 Å². The molecule has 1 N–H and O–H groups in total. The van der Waals surface area contributed by atoms with Gasteiger partial charge in [-0.05, 0) is 36.3 Å². The van der Waals surface area contributed by atoms with Gasteiger partial charge in [-0.2, -0.15) is 0 Å². The molecule has 0 bridgehead atoms. The van der Waals surface area contributed by atoms with Crippen LogP contribution in [-0.4, -0.2) is 46.8 Å². The lowest BCUT2D eigenvalue weighted by molar-refractivity contribution is -0.111. The van der Waals surface area contributed by atoms with E-state index in [9.17, 15) is 9.90 Å². The Morgan fingerprint density at radius 2 is 1.39 bits per heavy atom. The molecule has 138 valence electrons. The first-order valence-corrected chi connectivity index (χ1v) is 14.3. The summed E-state index contributed by atoms with van der Waals surface area (Å²) in [5.74, 6) is 0. The summed E-state index contributed by atoms with van der Waals surface area (Å²) in [5, 5.41) is 10.7. The van der Waals surface area contributed by atoms with Crippen molar-refractivity contribution >= 4 is 22.9 Å². The van der Waals surface area contributed by atoms with Gasteiger partial charge < -0.3 is 18.8 Å². The van der Waals surface area contributed by atoms with Gasteiger partial charge in [-0.1, -0.05) is 41.5 Å². The first-order valence-electron chi connectivity index (χ1n) is 8.48. The molecule has 0 saturated carbocycles. The molecule has 0 aliphatic heterocycles. The number of hydrogen-bond acceptors (Lipinski definition) is 4. The van der Waals surface area contributed by atoms with Gasteiger partial charge in [0.15, 0.2) is 16.6 Å². The summed E-state index contributed by atoms with van der Waals surface area (Å²) < 4.78 is 12.3. The molecule has 0 saturated heterocycles. The van der Waals surface area contributed by atoms with E-state index in [-0.39, 0.29) is 23.1 Å². The topological polar surface area (TPSA) is 55.8 Å². The van der Waals surface area contributed by atoms with Gasteiger partial charge in [-0.15, -0.1) is 0 Å². The van der Waals surface area contributed by atoms with Crippen LogP contribution in [0.5, 0.6) is 0 Å². The van der Waals surface area contributed by atoms with Crippen LogP contribution in [0.2, 0.25) is 36.3 Å². The van der Waals surface area contributed by atoms with E-state index in [1.54, 1.807) is 0 Å². The van der Waals surface area contributed by atoms with E-state index in [0.29, 0.717) is 0 Å². The Kier molecular flexibility index (Phi) is 7.90. The van der Waals surface area contributed by atoms with Crippen LogP contribution in [0.1, 0.15) is 48.0 Å². The fourth-order valence-corrected chi connectivity index (χ4v) is 3.94. The summed E-state index contributed by atoms with van der Waals surface area (Å²) in [7, 11) is -3.97. The second kappa shape index (κ2) is 7.91. The molecule has 0 rings (SSSR count). The molecule has 0 aromatic heterocycles. The molecule has 2 atom stereocenters. The largest absolute Gasteiger partial charge is 0.414 e. The fourth-order valence-electron chi connectivity index (χ4n) is 1.55. The summed E-state index contributed by atoms with van der Waals surface area (Å²) in [5.41, 5.74) is 0. The first kappa shape index (κ1) is 23.0. The van der Waals surface area contributed by atoms with Crippen molar-refractivity contribution < 1.29 is 18.8 Å². The van der Waals surface area contributed by atoms with Crippen LogP contribution in [0.3, 0.4) is 0 Å². The Morgan fingerprint density at radius 1 is 0.957 bits per heavy atom. The third-order valence-corrected chi connectivity index (χ3v) is 14.4. The van der Waals surface area contributed by atoms with E-state index in [0.717, 1.165) is 6.29 Å². The van der Waals surface area contributed by atoms with Crippen molar-refractivity contribution in [2.75, 3.05) is 6.61 Å². The van der Waals surface area contributed by atoms with Crippen LogP contribution in [-0.2, 0) is 13.6 Å². The predicted molar refractivity (Wildman–Crippen MR) is 102 cm³/mol. The summed E-state index contributed by atoms with van der Waals surface area (Å²) in [6.45, 7) is 21.7. The molecule has 4 nitrogen and oxygen atoms in total. The summed E-state index contributed by atoms with van der Waals surface area (Å²) >= 11 is 0. The molecule has 6 heteroatoms. The Morgan fingerprint density at radius 3 is 1.74 bits per heavy atom. The molecule has 0 heterocycles. The molecule has 0 amide bonds. The number of aliphatic hydroxyl groups is 1. The highest BCUT2D eigenvalue weighted by Gasteiger charge is 2.42. The average molecular weight is 363 g/mol. The zero-order valence-electron chi connectivity index (χ0n) is 16.8.